The van der Waals surface area contributed by atoms with E-state index in [1.54, 1.807) is 7.11 Å². The van der Waals surface area contributed by atoms with Crippen molar-refractivity contribution in [1.29, 1.82) is 0 Å². The van der Waals surface area contributed by atoms with Crippen LogP contribution in [0.1, 0.15) is 43.0 Å². The van der Waals surface area contributed by atoms with Gasteiger partial charge in [0.25, 0.3) is 0 Å². The Hall–Kier alpha value is -1.87. The van der Waals surface area contributed by atoms with E-state index in [0.717, 1.165) is 12.3 Å². The highest BCUT2D eigenvalue weighted by atomic mass is 16.5. The van der Waals surface area contributed by atoms with Gasteiger partial charge in [0.05, 0.1) is 7.11 Å². The monoisotopic (exact) mass is 282 g/mol. The maximum absolute atomic E-state index is 5.24. The van der Waals surface area contributed by atoms with Crippen molar-refractivity contribution < 1.29 is 4.74 Å². The van der Waals surface area contributed by atoms with Gasteiger partial charge in [-0.05, 0) is 55.6 Å². The lowest BCUT2D eigenvalue weighted by Crippen LogP contribution is -2.26. The van der Waals surface area contributed by atoms with Gasteiger partial charge in [-0.3, -0.25) is 9.88 Å². The first kappa shape index (κ1) is 14.1. The van der Waals surface area contributed by atoms with Crippen molar-refractivity contribution in [3.05, 3.63) is 59.9 Å². The fourth-order valence-electron chi connectivity index (χ4n) is 3.26. The Bertz CT molecular complexity index is 568. The van der Waals surface area contributed by atoms with Crippen molar-refractivity contribution in [3.63, 3.8) is 0 Å². The predicted octanol–water partition coefficient (Wildman–Crippen LogP) is 3.99. The molecule has 1 saturated heterocycles. The van der Waals surface area contributed by atoms with Crippen LogP contribution in [0.25, 0.3) is 0 Å². The van der Waals surface area contributed by atoms with Gasteiger partial charge in [-0.1, -0.05) is 18.2 Å². The Morgan fingerprint density at radius 2 is 2.05 bits per heavy atom. The molecule has 2 heterocycles. The van der Waals surface area contributed by atoms with E-state index in [9.17, 15) is 0 Å². The molecule has 0 radical (unpaired) electrons. The second-order valence-corrected chi connectivity index (χ2v) is 5.63. The van der Waals surface area contributed by atoms with Gasteiger partial charge >= 0.3 is 0 Å². The summed E-state index contributed by atoms with van der Waals surface area (Å²) in [7, 11) is 1.71. The number of rotatable bonds is 4. The molecule has 0 spiro atoms. The lowest BCUT2D eigenvalue weighted by molar-refractivity contribution is 0.194. The van der Waals surface area contributed by atoms with Gasteiger partial charge in [-0.15, -0.1) is 0 Å². The molecule has 1 aromatic heterocycles. The quantitative estimate of drug-likeness (QED) is 0.848. The number of hydrogen-bond donors (Lipinski definition) is 0. The normalized spacial score (nSPS) is 20.4. The summed E-state index contributed by atoms with van der Waals surface area (Å²) in [4.78, 5) is 6.86. The SMILES string of the molecule is COc1ccc([C@@H](C)N2CCC[C@H]2c2cccnc2)cc1. The van der Waals surface area contributed by atoms with E-state index >= 15 is 0 Å². The van der Waals surface area contributed by atoms with E-state index in [-0.39, 0.29) is 0 Å². The molecule has 0 unspecified atom stereocenters. The summed E-state index contributed by atoms with van der Waals surface area (Å²) < 4.78 is 5.24. The minimum Gasteiger partial charge on any atom is -0.497 e. The summed E-state index contributed by atoms with van der Waals surface area (Å²) in [5.74, 6) is 0.913. The molecule has 2 aromatic rings. The van der Waals surface area contributed by atoms with Crippen LogP contribution in [-0.2, 0) is 0 Å². The van der Waals surface area contributed by atoms with Crippen LogP contribution in [0.15, 0.2) is 48.8 Å². The fraction of sp³-hybridized carbons (Fsp3) is 0.389. The number of methoxy groups -OCH3 is 1. The smallest absolute Gasteiger partial charge is 0.118 e. The number of pyridine rings is 1. The second-order valence-electron chi connectivity index (χ2n) is 5.63. The lowest BCUT2D eigenvalue weighted by atomic mass is 10.0. The standard InChI is InChI=1S/C18H22N2O/c1-14(15-7-9-17(21-2)10-8-15)20-12-4-6-18(20)16-5-3-11-19-13-16/h3,5,7-11,13-14,18H,4,6,12H2,1-2H3/t14-,18+/m1/s1. The van der Waals surface area contributed by atoms with E-state index in [4.69, 9.17) is 4.74 Å². The Labute approximate surface area is 126 Å². The number of nitrogens with zero attached hydrogens (tertiary/aromatic N) is 2. The fourth-order valence-corrected chi connectivity index (χ4v) is 3.26. The van der Waals surface area contributed by atoms with Crippen LogP contribution >= 0.6 is 0 Å². The third-order valence-electron chi connectivity index (χ3n) is 4.46. The average molecular weight is 282 g/mol. The summed E-state index contributed by atoms with van der Waals surface area (Å²) in [5, 5.41) is 0. The average Bonchev–Trinajstić information content (AvgIpc) is 3.04. The summed E-state index contributed by atoms with van der Waals surface area (Å²) in [6.07, 6.45) is 6.31. The van der Waals surface area contributed by atoms with Crippen LogP contribution in [0.5, 0.6) is 5.75 Å². The molecule has 2 atom stereocenters. The largest absolute Gasteiger partial charge is 0.497 e. The third kappa shape index (κ3) is 2.93. The molecular formula is C18H22N2O. The van der Waals surface area contributed by atoms with Crippen LogP contribution in [0.2, 0.25) is 0 Å². The van der Waals surface area contributed by atoms with Crippen LogP contribution in [-0.4, -0.2) is 23.5 Å². The Morgan fingerprint density at radius 3 is 2.71 bits per heavy atom. The molecule has 3 rings (SSSR count). The number of benzene rings is 1. The van der Waals surface area contributed by atoms with E-state index in [0.29, 0.717) is 12.1 Å². The van der Waals surface area contributed by atoms with Crippen LogP contribution in [0, 0.1) is 0 Å². The molecule has 1 aliphatic rings. The van der Waals surface area contributed by atoms with Gasteiger partial charge in [0, 0.05) is 24.5 Å². The van der Waals surface area contributed by atoms with Crippen molar-refractivity contribution in [3.8, 4) is 5.75 Å². The van der Waals surface area contributed by atoms with Crippen molar-refractivity contribution in [2.75, 3.05) is 13.7 Å². The van der Waals surface area contributed by atoms with Crippen LogP contribution in [0.4, 0.5) is 0 Å². The Morgan fingerprint density at radius 1 is 1.24 bits per heavy atom. The second kappa shape index (κ2) is 6.27. The van der Waals surface area contributed by atoms with E-state index in [1.165, 1.54) is 24.0 Å². The van der Waals surface area contributed by atoms with Gasteiger partial charge in [0.15, 0.2) is 0 Å². The summed E-state index contributed by atoms with van der Waals surface area (Å²) in [6.45, 7) is 3.43. The first-order chi connectivity index (χ1) is 10.3. The van der Waals surface area contributed by atoms with Crippen molar-refractivity contribution >= 4 is 0 Å². The molecular weight excluding hydrogens is 260 g/mol. The maximum atomic E-state index is 5.24. The van der Waals surface area contributed by atoms with Crippen molar-refractivity contribution in [2.45, 2.75) is 31.8 Å². The topological polar surface area (TPSA) is 25.4 Å². The number of aromatic nitrogens is 1. The van der Waals surface area contributed by atoms with Crippen molar-refractivity contribution in [2.24, 2.45) is 0 Å². The maximum Gasteiger partial charge on any atom is 0.118 e. The number of likely N-dealkylation sites (tertiary alicyclic amines) is 1. The van der Waals surface area contributed by atoms with Gasteiger partial charge in [-0.2, -0.15) is 0 Å². The van der Waals surface area contributed by atoms with E-state index in [1.807, 2.05) is 30.6 Å². The highest BCUT2D eigenvalue weighted by Crippen LogP contribution is 2.38. The minimum atomic E-state index is 0.406. The first-order valence-corrected chi connectivity index (χ1v) is 7.59. The molecule has 1 fully saturated rings. The van der Waals surface area contributed by atoms with Gasteiger partial charge in [-0.25, -0.2) is 0 Å². The molecule has 3 heteroatoms. The minimum absolute atomic E-state index is 0.406. The predicted molar refractivity (Wildman–Crippen MR) is 84.3 cm³/mol. The number of hydrogen-bond acceptors (Lipinski definition) is 3. The highest BCUT2D eigenvalue weighted by molar-refractivity contribution is 5.29. The number of ether oxygens (including phenoxy) is 1. The molecule has 1 aromatic carbocycles. The lowest BCUT2D eigenvalue weighted by Gasteiger charge is -2.31. The zero-order valence-corrected chi connectivity index (χ0v) is 12.7. The van der Waals surface area contributed by atoms with Gasteiger partial charge in [0.1, 0.15) is 5.75 Å². The Balaban J connectivity index is 1.80. The van der Waals surface area contributed by atoms with Crippen LogP contribution < -0.4 is 4.74 Å². The van der Waals surface area contributed by atoms with E-state index in [2.05, 4.69) is 35.0 Å². The first-order valence-electron chi connectivity index (χ1n) is 7.59. The molecule has 21 heavy (non-hydrogen) atoms. The molecule has 0 aliphatic carbocycles. The zero-order valence-electron chi connectivity index (χ0n) is 12.7. The molecule has 0 bridgehead atoms. The third-order valence-corrected chi connectivity index (χ3v) is 4.46. The molecule has 0 saturated carbocycles. The molecule has 1 aliphatic heterocycles. The van der Waals surface area contributed by atoms with Gasteiger partial charge < -0.3 is 4.74 Å². The Kier molecular flexibility index (Phi) is 4.20. The molecule has 110 valence electrons. The van der Waals surface area contributed by atoms with Crippen molar-refractivity contribution in [1.82, 2.24) is 9.88 Å². The zero-order chi connectivity index (χ0) is 14.7. The van der Waals surface area contributed by atoms with Crippen LogP contribution in [0.3, 0.4) is 0 Å². The summed E-state index contributed by atoms with van der Waals surface area (Å²) >= 11 is 0. The van der Waals surface area contributed by atoms with E-state index < -0.39 is 0 Å². The highest BCUT2D eigenvalue weighted by Gasteiger charge is 2.30. The molecule has 3 nitrogen and oxygen atoms in total. The summed E-state index contributed by atoms with van der Waals surface area (Å²) in [5.41, 5.74) is 2.67. The van der Waals surface area contributed by atoms with Gasteiger partial charge in [0.2, 0.25) is 0 Å². The molecule has 0 amide bonds. The summed E-state index contributed by atoms with van der Waals surface area (Å²) in [6, 6.07) is 13.5. The molecule has 0 N–H and O–H groups in total.